The second-order valence-corrected chi connectivity index (χ2v) is 6.94. The molecular weight excluding hydrogens is 373 g/mol. The van der Waals surface area contributed by atoms with Gasteiger partial charge in [-0.15, -0.1) is 0 Å². The van der Waals surface area contributed by atoms with Gasteiger partial charge in [-0.3, -0.25) is 0 Å². The molecule has 29 heavy (non-hydrogen) atoms. The fourth-order valence-electron chi connectivity index (χ4n) is 4.23. The van der Waals surface area contributed by atoms with Crippen LogP contribution in [0.2, 0.25) is 0 Å². The number of carbonyl (C=O) groups is 1. The summed E-state index contributed by atoms with van der Waals surface area (Å²) in [5, 5.41) is 37.9. The molecule has 1 saturated carbocycles. The van der Waals surface area contributed by atoms with Crippen LogP contribution in [0.5, 0.6) is 0 Å². The van der Waals surface area contributed by atoms with Gasteiger partial charge in [0.25, 0.3) is 0 Å². The number of benzene rings is 1. The first-order valence-electron chi connectivity index (χ1n) is 9.12. The Bertz CT molecular complexity index is 999. The van der Waals surface area contributed by atoms with E-state index in [1.54, 1.807) is 19.1 Å². The second-order valence-electron chi connectivity index (χ2n) is 6.94. The lowest BCUT2D eigenvalue weighted by Crippen LogP contribution is -2.53. The van der Waals surface area contributed by atoms with Crippen LogP contribution >= 0.6 is 0 Å². The van der Waals surface area contributed by atoms with E-state index in [1.165, 1.54) is 23.1 Å². The van der Waals surface area contributed by atoms with Gasteiger partial charge in [-0.1, -0.05) is 18.2 Å². The smallest absolute Gasteiger partial charge is 0.410 e. The van der Waals surface area contributed by atoms with Crippen LogP contribution < -0.4 is 0 Å². The molecule has 1 aromatic rings. The van der Waals surface area contributed by atoms with Crippen molar-refractivity contribution in [1.82, 2.24) is 4.90 Å². The minimum absolute atomic E-state index is 0.0996. The molecule has 0 radical (unpaired) electrons. The fourth-order valence-corrected chi connectivity index (χ4v) is 4.23. The summed E-state index contributed by atoms with van der Waals surface area (Å²) >= 11 is 0. The summed E-state index contributed by atoms with van der Waals surface area (Å²) in [6, 6.07) is 11.6. The Balaban J connectivity index is 2.18. The van der Waals surface area contributed by atoms with Crippen LogP contribution in [0, 0.1) is 62.5 Å². The van der Waals surface area contributed by atoms with Crippen LogP contribution in [0.15, 0.2) is 35.9 Å². The van der Waals surface area contributed by atoms with Crippen molar-refractivity contribution in [2.24, 2.45) is 17.3 Å². The van der Waals surface area contributed by atoms with Crippen LogP contribution in [-0.2, 0) is 4.74 Å². The molecule has 0 saturated heterocycles. The van der Waals surface area contributed by atoms with E-state index in [9.17, 15) is 25.0 Å². The molecule has 8 heteroatoms. The molecule has 146 valence electrons. The van der Waals surface area contributed by atoms with Gasteiger partial charge >= 0.3 is 6.09 Å². The quantitative estimate of drug-likeness (QED) is 0.775. The zero-order chi connectivity index (χ0) is 21.2. The number of fused-ring (bicyclic) bond motifs is 1. The van der Waals surface area contributed by atoms with Gasteiger partial charge in [0.15, 0.2) is 0 Å². The van der Waals surface area contributed by atoms with Gasteiger partial charge in [0.2, 0.25) is 5.41 Å². The first kappa shape index (κ1) is 20.0. The van der Waals surface area contributed by atoms with E-state index < -0.39 is 35.1 Å². The summed E-state index contributed by atoms with van der Waals surface area (Å²) in [5.74, 6) is -2.89. The van der Waals surface area contributed by atoms with Crippen LogP contribution in [0.1, 0.15) is 18.4 Å². The molecule has 0 unspecified atom stereocenters. The van der Waals surface area contributed by atoms with E-state index in [2.05, 4.69) is 0 Å². The van der Waals surface area contributed by atoms with E-state index in [0.29, 0.717) is 11.1 Å². The average molecular weight is 391 g/mol. The minimum Gasteiger partial charge on any atom is -0.450 e. The SMILES string of the molecule is CCOC(=O)N1CC=C2[C@@H](C1)[C@H](c1cccc(F)c1)[C@@H](C#N)C(=N)C2(C#N)C#N. The Hall–Kier alpha value is -3.70. The minimum atomic E-state index is -1.88. The third-order valence-electron chi connectivity index (χ3n) is 5.52. The number of nitrogens with zero attached hydrogens (tertiary/aromatic N) is 4. The van der Waals surface area contributed by atoms with Gasteiger partial charge < -0.3 is 15.0 Å². The van der Waals surface area contributed by atoms with Crippen molar-refractivity contribution in [3.05, 3.63) is 47.3 Å². The van der Waals surface area contributed by atoms with Gasteiger partial charge in [-0.2, -0.15) is 15.8 Å². The molecule has 7 nitrogen and oxygen atoms in total. The highest BCUT2D eigenvalue weighted by molar-refractivity contribution is 6.01. The largest absolute Gasteiger partial charge is 0.450 e. The van der Waals surface area contributed by atoms with Crippen molar-refractivity contribution in [3.8, 4) is 18.2 Å². The summed E-state index contributed by atoms with van der Waals surface area (Å²) in [6.45, 7) is 2.09. The Labute approximate surface area is 167 Å². The second kappa shape index (κ2) is 7.73. The Morgan fingerprint density at radius 2 is 2.10 bits per heavy atom. The molecule has 1 heterocycles. The highest BCUT2D eigenvalue weighted by Crippen LogP contribution is 2.52. The molecule has 0 bridgehead atoms. The maximum absolute atomic E-state index is 13.9. The van der Waals surface area contributed by atoms with E-state index in [1.807, 2.05) is 18.2 Å². The highest BCUT2D eigenvalue weighted by atomic mass is 19.1. The van der Waals surface area contributed by atoms with Crippen molar-refractivity contribution in [1.29, 1.82) is 21.2 Å². The van der Waals surface area contributed by atoms with Gasteiger partial charge in [0, 0.05) is 24.9 Å². The fraction of sp³-hybridized carbons (Fsp3) is 0.381. The monoisotopic (exact) mass is 391 g/mol. The summed E-state index contributed by atoms with van der Waals surface area (Å²) in [5.41, 5.74) is -1.33. The maximum Gasteiger partial charge on any atom is 0.410 e. The lowest BCUT2D eigenvalue weighted by Gasteiger charge is -2.47. The van der Waals surface area contributed by atoms with Crippen LogP contribution in [0.3, 0.4) is 0 Å². The van der Waals surface area contributed by atoms with Gasteiger partial charge in [-0.05, 0) is 30.2 Å². The predicted octanol–water partition coefficient (Wildman–Crippen LogP) is 3.13. The standard InChI is InChI=1S/C21H18FN5O2/c1-2-29-20(28)27-7-6-17-16(10-27)18(13-4-3-5-14(22)8-13)15(9-23)19(26)21(17,11-24)12-25/h3-6,8,15-16,18,26H,2,7,10H2,1H3/t15-,16-,18-/m1/s1. The highest BCUT2D eigenvalue weighted by Gasteiger charge is 2.56. The van der Waals surface area contributed by atoms with Gasteiger partial charge in [0.05, 0.1) is 36.4 Å². The number of hydrogen-bond acceptors (Lipinski definition) is 6. The molecule has 0 spiro atoms. The molecule has 1 amide bonds. The van der Waals surface area contributed by atoms with Gasteiger partial charge in [0.1, 0.15) is 5.82 Å². The molecule has 3 atom stereocenters. The Morgan fingerprint density at radius 3 is 2.69 bits per heavy atom. The summed E-state index contributed by atoms with van der Waals surface area (Å²) in [7, 11) is 0. The van der Waals surface area contributed by atoms with E-state index >= 15 is 0 Å². The van der Waals surface area contributed by atoms with Crippen LogP contribution in [0.25, 0.3) is 0 Å². The number of nitrogens with one attached hydrogen (secondary N) is 1. The third-order valence-corrected chi connectivity index (χ3v) is 5.52. The topological polar surface area (TPSA) is 125 Å². The van der Waals surface area contributed by atoms with Gasteiger partial charge in [-0.25, -0.2) is 9.18 Å². The Kier molecular flexibility index (Phi) is 5.35. The molecule has 3 rings (SSSR count). The van der Waals surface area contributed by atoms with Crippen molar-refractivity contribution < 1.29 is 13.9 Å². The van der Waals surface area contributed by atoms with Crippen molar-refractivity contribution in [3.63, 3.8) is 0 Å². The van der Waals surface area contributed by atoms with Crippen LogP contribution in [-0.4, -0.2) is 36.4 Å². The number of rotatable bonds is 2. The summed E-state index contributed by atoms with van der Waals surface area (Å²) < 4.78 is 19.0. The number of ether oxygens (including phenoxy) is 1. The van der Waals surface area contributed by atoms with Crippen molar-refractivity contribution in [2.45, 2.75) is 12.8 Å². The number of halogens is 1. The van der Waals surface area contributed by atoms with Crippen molar-refractivity contribution in [2.75, 3.05) is 19.7 Å². The number of amides is 1. The summed E-state index contributed by atoms with van der Waals surface area (Å²) in [6.07, 6.45) is 1.04. The normalized spacial score (nSPS) is 24.9. The number of hydrogen-bond donors (Lipinski definition) is 1. The molecule has 2 aliphatic rings. The first-order chi connectivity index (χ1) is 13.9. The molecule has 1 aliphatic carbocycles. The molecule has 1 aromatic carbocycles. The zero-order valence-corrected chi connectivity index (χ0v) is 15.7. The summed E-state index contributed by atoms with van der Waals surface area (Å²) in [4.78, 5) is 13.7. The van der Waals surface area contributed by atoms with Crippen LogP contribution in [0.4, 0.5) is 9.18 Å². The lowest BCUT2D eigenvalue weighted by atomic mass is 9.55. The van der Waals surface area contributed by atoms with E-state index in [0.717, 1.165) is 0 Å². The molecule has 1 N–H and O–H groups in total. The average Bonchev–Trinajstić information content (AvgIpc) is 2.73. The third kappa shape index (κ3) is 3.11. The molecule has 1 aliphatic heterocycles. The number of nitriles is 3. The van der Waals surface area contributed by atoms with E-state index in [4.69, 9.17) is 10.1 Å². The Morgan fingerprint density at radius 1 is 1.38 bits per heavy atom. The predicted molar refractivity (Wildman–Crippen MR) is 99.8 cm³/mol. The molecule has 0 aromatic heterocycles. The molecular formula is C21H18FN5O2. The maximum atomic E-state index is 13.9. The zero-order valence-electron chi connectivity index (χ0n) is 15.7. The van der Waals surface area contributed by atoms with Crippen molar-refractivity contribution >= 4 is 11.8 Å². The molecule has 1 fully saturated rings. The number of carbonyl (C=O) groups excluding carboxylic acids is 1. The van der Waals surface area contributed by atoms with E-state index in [-0.39, 0.29) is 25.4 Å². The first-order valence-corrected chi connectivity index (χ1v) is 9.12. The lowest BCUT2D eigenvalue weighted by molar-refractivity contribution is 0.0998.